The molecule has 0 unspecified atom stereocenters. The van der Waals surface area contributed by atoms with E-state index in [-0.39, 0.29) is 5.82 Å². The van der Waals surface area contributed by atoms with Crippen molar-refractivity contribution in [2.45, 2.75) is 43.5 Å². The molecule has 4 heteroatoms. The predicted molar refractivity (Wildman–Crippen MR) is 89.7 cm³/mol. The zero-order valence-corrected chi connectivity index (χ0v) is 14.1. The van der Waals surface area contributed by atoms with Crippen molar-refractivity contribution < 1.29 is 4.39 Å². The summed E-state index contributed by atoms with van der Waals surface area (Å²) < 4.78 is 14.2. The number of hydrogen-bond acceptors (Lipinski definition) is 2. The van der Waals surface area contributed by atoms with Crippen LogP contribution in [0.25, 0.3) is 0 Å². The van der Waals surface area contributed by atoms with E-state index in [0.29, 0.717) is 11.4 Å². The highest BCUT2D eigenvalue weighted by molar-refractivity contribution is 9.08. The largest absolute Gasteiger partial charge is 0.369 e. The molecule has 1 aromatic rings. The molecule has 2 fully saturated rings. The van der Waals surface area contributed by atoms with Crippen LogP contribution >= 0.6 is 15.9 Å². The van der Waals surface area contributed by atoms with Crippen LogP contribution in [0.4, 0.5) is 10.1 Å². The Labute approximate surface area is 135 Å². The number of anilines is 1. The van der Waals surface area contributed by atoms with Crippen molar-refractivity contribution in [3.8, 4) is 0 Å². The quantitative estimate of drug-likeness (QED) is 0.751. The van der Waals surface area contributed by atoms with Gasteiger partial charge in [-0.25, -0.2) is 4.39 Å². The standard InChI is InChI=1S/C17H24BrFN2/c18-13-14-5-4-6-16(19)17(14)21-11-7-15(8-12-21)20-9-2-1-3-10-20/h4-6,15H,1-3,7-13H2. The van der Waals surface area contributed by atoms with Gasteiger partial charge in [-0.2, -0.15) is 0 Å². The maximum absolute atomic E-state index is 14.2. The molecule has 2 aliphatic rings. The third-order valence-electron chi connectivity index (χ3n) is 4.90. The van der Waals surface area contributed by atoms with Crippen LogP contribution < -0.4 is 4.90 Å². The number of alkyl halides is 1. The zero-order valence-electron chi connectivity index (χ0n) is 12.5. The lowest BCUT2D eigenvalue weighted by Gasteiger charge is -2.41. The minimum Gasteiger partial charge on any atom is -0.369 e. The molecule has 1 aromatic carbocycles. The molecule has 116 valence electrons. The first-order chi connectivity index (χ1) is 10.3. The Kier molecular flexibility index (Phi) is 5.17. The Morgan fingerprint density at radius 3 is 2.43 bits per heavy atom. The average molecular weight is 355 g/mol. The first-order valence-corrected chi connectivity index (χ1v) is 9.24. The van der Waals surface area contributed by atoms with Gasteiger partial charge in [0, 0.05) is 24.5 Å². The smallest absolute Gasteiger partial charge is 0.146 e. The summed E-state index contributed by atoms with van der Waals surface area (Å²) in [5.74, 6) is -0.0802. The van der Waals surface area contributed by atoms with Crippen LogP contribution in [0.2, 0.25) is 0 Å². The van der Waals surface area contributed by atoms with E-state index in [0.717, 1.165) is 37.2 Å². The summed E-state index contributed by atoms with van der Waals surface area (Å²) in [7, 11) is 0. The predicted octanol–water partition coefficient (Wildman–Crippen LogP) is 4.18. The van der Waals surface area contributed by atoms with Crippen molar-refractivity contribution in [2.75, 3.05) is 31.1 Å². The van der Waals surface area contributed by atoms with E-state index in [2.05, 4.69) is 25.7 Å². The van der Waals surface area contributed by atoms with E-state index in [1.54, 1.807) is 12.1 Å². The molecule has 3 rings (SSSR count). The van der Waals surface area contributed by atoms with E-state index >= 15 is 0 Å². The van der Waals surface area contributed by atoms with Crippen LogP contribution in [0.3, 0.4) is 0 Å². The third kappa shape index (κ3) is 3.42. The summed E-state index contributed by atoms with van der Waals surface area (Å²) >= 11 is 3.48. The minimum absolute atomic E-state index is 0.0802. The number of halogens is 2. The monoisotopic (exact) mass is 354 g/mol. The molecular formula is C17H24BrFN2. The molecule has 0 amide bonds. The molecule has 2 aliphatic heterocycles. The van der Waals surface area contributed by atoms with E-state index in [1.165, 1.54) is 32.4 Å². The van der Waals surface area contributed by atoms with Crippen molar-refractivity contribution in [1.82, 2.24) is 4.90 Å². The second kappa shape index (κ2) is 7.10. The van der Waals surface area contributed by atoms with Gasteiger partial charge in [-0.15, -0.1) is 0 Å². The van der Waals surface area contributed by atoms with Crippen LogP contribution in [0.1, 0.15) is 37.7 Å². The van der Waals surface area contributed by atoms with Gasteiger partial charge in [0.15, 0.2) is 0 Å². The zero-order chi connectivity index (χ0) is 14.7. The molecule has 2 nitrogen and oxygen atoms in total. The van der Waals surface area contributed by atoms with E-state index in [4.69, 9.17) is 0 Å². The van der Waals surface area contributed by atoms with Gasteiger partial charge in [-0.1, -0.05) is 34.5 Å². The summed E-state index contributed by atoms with van der Waals surface area (Å²) in [5.41, 5.74) is 1.87. The van der Waals surface area contributed by atoms with Crippen molar-refractivity contribution >= 4 is 21.6 Å². The average Bonchev–Trinajstić information content (AvgIpc) is 2.55. The molecule has 0 spiro atoms. The SMILES string of the molecule is Fc1cccc(CBr)c1N1CCC(N2CCCCC2)CC1. The fraction of sp³-hybridized carbons (Fsp3) is 0.647. The highest BCUT2D eigenvalue weighted by Gasteiger charge is 2.27. The van der Waals surface area contributed by atoms with Crippen LogP contribution in [-0.2, 0) is 5.33 Å². The number of rotatable bonds is 3. The van der Waals surface area contributed by atoms with Crippen molar-refractivity contribution in [1.29, 1.82) is 0 Å². The lowest BCUT2D eigenvalue weighted by molar-refractivity contribution is 0.141. The molecule has 21 heavy (non-hydrogen) atoms. The summed E-state index contributed by atoms with van der Waals surface area (Å²) in [5, 5.41) is 0.714. The summed E-state index contributed by atoms with van der Waals surface area (Å²) in [6.07, 6.45) is 6.41. The molecule has 0 aromatic heterocycles. The van der Waals surface area contributed by atoms with E-state index in [9.17, 15) is 4.39 Å². The number of nitrogens with zero attached hydrogens (tertiary/aromatic N) is 2. The second-order valence-corrected chi connectivity index (χ2v) is 6.76. The van der Waals surface area contributed by atoms with Crippen molar-refractivity contribution in [3.63, 3.8) is 0 Å². The first-order valence-electron chi connectivity index (χ1n) is 8.12. The maximum atomic E-state index is 14.2. The fourth-order valence-electron chi connectivity index (χ4n) is 3.76. The van der Waals surface area contributed by atoms with Crippen LogP contribution in [0, 0.1) is 5.82 Å². The molecule has 0 atom stereocenters. The fourth-order valence-corrected chi connectivity index (χ4v) is 4.21. The highest BCUT2D eigenvalue weighted by atomic mass is 79.9. The maximum Gasteiger partial charge on any atom is 0.146 e. The van der Waals surface area contributed by atoms with Crippen molar-refractivity contribution in [3.05, 3.63) is 29.6 Å². The Morgan fingerprint density at radius 2 is 1.76 bits per heavy atom. The molecule has 0 aliphatic carbocycles. The van der Waals surface area contributed by atoms with Gasteiger partial charge in [0.25, 0.3) is 0 Å². The third-order valence-corrected chi connectivity index (χ3v) is 5.51. The van der Waals surface area contributed by atoms with Crippen molar-refractivity contribution in [2.24, 2.45) is 0 Å². The normalized spacial score (nSPS) is 21.7. The minimum atomic E-state index is -0.0802. The number of hydrogen-bond donors (Lipinski definition) is 0. The summed E-state index contributed by atoms with van der Waals surface area (Å²) in [4.78, 5) is 4.90. The molecule has 2 heterocycles. The van der Waals surface area contributed by atoms with Gasteiger partial charge in [0.2, 0.25) is 0 Å². The van der Waals surface area contributed by atoms with Gasteiger partial charge in [-0.3, -0.25) is 0 Å². The van der Waals surface area contributed by atoms with Gasteiger partial charge in [0.1, 0.15) is 5.82 Å². The highest BCUT2D eigenvalue weighted by Crippen LogP contribution is 2.30. The first kappa shape index (κ1) is 15.3. The van der Waals surface area contributed by atoms with Crippen LogP contribution in [0.5, 0.6) is 0 Å². The lowest BCUT2D eigenvalue weighted by atomic mass is 9.99. The van der Waals surface area contributed by atoms with E-state index in [1.807, 2.05) is 6.07 Å². The van der Waals surface area contributed by atoms with Gasteiger partial charge in [0.05, 0.1) is 5.69 Å². The number of piperidine rings is 2. The summed E-state index contributed by atoms with van der Waals surface area (Å²) in [6.45, 7) is 4.47. The van der Waals surface area contributed by atoms with Gasteiger partial charge in [-0.05, 0) is 50.4 Å². The summed E-state index contributed by atoms with van der Waals surface area (Å²) in [6, 6.07) is 6.11. The Hall–Kier alpha value is -0.610. The second-order valence-electron chi connectivity index (χ2n) is 6.20. The van der Waals surface area contributed by atoms with Gasteiger partial charge < -0.3 is 9.80 Å². The van der Waals surface area contributed by atoms with Crippen LogP contribution in [0.15, 0.2) is 18.2 Å². The lowest BCUT2D eigenvalue weighted by Crippen LogP contribution is -2.47. The number of para-hydroxylation sites is 1. The Balaban J connectivity index is 1.65. The molecule has 0 radical (unpaired) electrons. The topological polar surface area (TPSA) is 6.48 Å². The molecule has 0 bridgehead atoms. The van der Waals surface area contributed by atoms with Gasteiger partial charge >= 0.3 is 0 Å². The number of benzene rings is 1. The van der Waals surface area contributed by atoms with E-state index < -0.39 is 0 Å². The molecule has 0 N–H and O–H groups in total. The number of likely N-dealkylation sites (tertiary alicyclic amines) is 1. The molecule has 0 saturated carbocycles. The Morgan fingerprint density at radius 1 is 1.05 bits per heavy atom. The molecular weight excluding hydrogens is 331 g/mol. The molecule has 2 saturated heterocycles. The Bertz CT molecular complexity index is 466. The van der Waals surface area contributed by atoms with Crippen LogP contribution in [-0.4, -0.2) is 37.1 Å².